The number of hydrogen-bond acceptors (Lipinski definition) is 4. The lowest BCUT2D eigenvalue weighted by Crippen LogP contribution is -2.59. The average Bonchev–Trinajstić information content (AvgIpc) is 3.10. The summed E-state index contributed by atoms with van der Waals surface area (Å²) < 4.78 is 6.41. The second kappa shape index (κ2) is 6.63. The number of amides is 1. The van der Waals surface area contributed by atoms with Gasteiger partial charge in [0.25, 0.3) is 0 Å². The van der Waals surface area contributed by atoms with Crippen LogP contribution in [0.5, 0.6) is 0 Å². The van der Waals surface area contributed by atoms with Crippen LogP contribution in [0, 0.1) is 0 Å². The molecule has 2 aliphatic heterocycles. The number of hydrogen-bond donors (Lipinski definition) is 2. The molecule has 1 aliphatic carbocycles. The molecule has 3 aliphatic rings. The van der Waals surface area contributed by atoms with Crippen LogP contribution in [-0.4, -0.2) is 61.3 Å². The third-order valence-electron chi connectivity index (χ3n) is 5.30. The van der Waals surface area contributed by atoms with E-state index in [4.69, 9.17) is 4.74 Å². The number of carbonyl (C=O) groups is 1. The van der Waals surface area contributed by atoms with Crippen LogP contribution in [-0.2, 0) is 9.53 Å². The van der Waals surface area contributed by atoms with Crippen LogP contribution in [0.3, 0.4) is 0 Å². The summed E-state index contributed by atoms with van der Waals surface area (Å²) in [5, 5.41) is 6.29. The summed E-state index contributed by atoms with van der Waals surface area (Å²) in [6.07, 6.45) is 7.82. The minimum atomic E-state index is -0.0394. The van der Waals surface area contributed by atoms with Crippen molar-refractivity contribution in [2.75, 3.05) is 32.7 Å². The van der Waals surface area contributed by atoms with E-state index in [1.807, 2.05) is 6.92 Å². The first-order chi connectivity index (χ1) is 10.2. The topological polar surface area (TPSA) is 53.6 Å². The van der Waals surface area contributed by atoms with Gasteiger partial charge in [0.15, 0.2) is 0 Å². The van der Waals surface area contributed by atoms with Crippen LogP contribution in [0.1, 0.15) is 45.4 Å². The molecule has 2 unspecified atom stereocenters. The average molecular weight is 295 g/mol. The summed E-state index contributed by atoms with van der Waals surface area (Å²) in [7, 11) is 0. The van der Waals surface area contributed by atoms with Crippen molar-refractivity contribution < 1.29 is 9.53 Å². The largest absolute Gasteiger partial charge is 0.370 e. The first-order valence-electron chi connectivity index (χ1n) is 8.63. The lowest BCUT2D eigenvalue weighted by atomic mass is 9.98. The van der Waals surface area contributed by atoms with E-state index in [1.165, 1.54) is 32.1 Å². The van der Waals surface area contributed by atoms with Crippen molar-refractivity contribution >= 4 is 5.91 Å². The van der Waals surface area contributed by atoms with E-state index < -0.39 is 0 Å². The minimum Gasteiger partial charge on any atom is -0.370 e. The van der Waals surface area contributed by atoms with Crippen molar-refractivity contribution in [2.45, 2.75) is 63.2 Å². The van der Waals surface area contributed by atoms with Gasteiger partial charge in [-0.25, -0.2) is 0 Å². The molecule has 3 fully saturated rings. The number of rotatable bonds is 4. The first kappa shape index (κ1) is 15.3. The zero-order valence-electron chi connectivity index (χ0n) is 13.2. The predicted molar refractivity (Wildman–Crippen MR) is 82.2 cm³/mol. The molecular weight excluding hydrogens is 266 g/mol. The zero-order valence-corrected chi connectivity index (χ0v) is 13.2. The van der Waals surface area contributed by atoms with E-state index in [9.17, 15) is 4.79 Å². The fourth-order valence-corrected chi connectivity index (χ4v) is 4.19. The van der Waals surface area contributed by atoms with Gasteiger partial charge in [0.1, 0.15) is 6.04 Å². The molecule has 2 heterocycles. The number of carbonyl (C=O) groups excluding carboxylic acids is 1. The lowest BCUT2D eigenvalue weighted by molar-refractivity contribution is -0.128. The Labute approximate surface area is 127 Å². The standard InChI is InChI=1S/C16H29N3O2/c1-2-18-15(20)14-11-17-9-10-19(14)12-13-5-8-16(21-13)6-3-4-7-16/h13-14,17H,2-12H2,1H3,(H,18,20). The molecule has 3 rings (SSSR count). The molecule has 5 nitrogen and oxygen atoms in total. The second-order valence-electron chi connectivity index (χ2n) is 6.78. The second-order valence-corrected chi connectivity index (χ2v) is 6.78. The molecule has 120 valence electrons. The zero-order chi connectivity index (χ0) is 14.7. The molecular formula is C16H29N3O2. The van der Waals surface area contributed by atoms with E-state index >= 15 is 0 Å². The van der Waals surface area contributed by atoms with Crippen LogP contribution in [0.4, 0.5) is 0 Å². The molecule has 2 N–H and O–H groups in total. The van der Waals surface area contributed by atoms with Crippen LogP contribution >= 0.6 is 0 Å². The highest BCUT2D eigenvalue weighted by atomic mass is 16.5. The molecule has 2 saturated heterocycles. The Kier molecular flexibility index (Phi) is 4.82. The van der Waals surface area contributed by atoms with Crippen LogP contribution in [0.15, 0.2) is 0 Å². The van der Waals surface area contributed by atoms with Gasteiger partial charge >= 0.3 is 0 Å². The Hall–Kier alpha value is -0.650. The third-order valence-corrected chi connectivity index (χ3v) is 5.30. The van der Waals surface area contributed by atoms with Crippen molar-refractivity contribution in [3.8, 4) is 0 Å². The molecule has 5 heteroatoms. The molecule has 0 radical (unpaired) electrons. The molecule has 0 aromatic heterocycles. The highest BCUT2D eigenvalue weighted by Gasteiger charge is 2.43. The van der Waals surface area contributed by atoms with Gasteiger partial charge in [-0.05, 0) is 32.6 Å². The number of nitrogens with one attached hydrogen (secondary N) is 2. The van der Waals surface area contributed by atoms with Crippen molar-refractivity contribution in [2.24, 2.45) is 0 Å². The summed E-state index contributed by atoms with van der Waals surface area (Å²) in [6, 6.07) is -0.0394. The SMILES string of the molecule is CCNC(=O)C1CNCCN1CC1CCC2(CCCC2)O1. The molecule has 1 spiro atoms. The van der Waals surface area contributed by atoms with Gasteiger partial charge in [0.2, 0.25) is 5.91 Å². The Morgan fingerprint density at radius 1 is 1.38 bits per heavy atom. The van der Waals surface area contributed by atoms with E-state index in [0.29, 0.717) is 12.6 Å². The van der Waals surface area contributed by atoms with Crippen molar-refractivity contribution in [3.63, 3.8) is 0 Å². The predicted octanol–water partition coefficient (Wildman–Crippen LogP) is 0.888. The Morgan fingerprint density at radius 2 is 2.19 bits per heavy atom. The highest BCUT2D eigenvalue weighted by molar-refractivity contribution is 5.82. The maximum atomic E-state index is 12.2. The van der Waals surface area contributed by atoms with Gasteiger partial charge < -0.3 is 15.4 Å². The summed E-state index contributed by atoms with van der Waals surface area (Å²) in [6.45, 7) is 6.24. The minimum absolute atomic E-state index is 0.0394. The molecule has 21 heavy (non-hydrogen) atoms. The number of ether oxygens (including phenoxy) is 1. The third kappa shape index (κ3) is 3.41. The monoisotopic (exact) mass is 295 g/mol. The quantitative estimate of drug-likeness (QED) is 0.809. The number of nitrogens with zero attached hydrogens (tertiary/aromatic N) is 1. The van der Waals surface area contributed by atoms with Gasteiger partial charge in [-0.1, -0.05) is 12.8 Å². The van der Waals surface area contributed by atoms with Crippen molar-refractivity contribution in [3.05, 3.63) is 0 Å². The molecule has 1 amide bonds. The van der Waals surface area contributed by atoms with E-state index in [1.54, 1.807) is 0 Å². The van der Waals surface area contributed by atoms with Crippen LogP contribution in [0.25, 0.3) is 0 Å². The number of likely N-dealkylation sites (N-methyl/N-ethyl adjacent to an activating group) is 1. The maximum Gasteiger partial charge on any atom is 0.238 e. The van der Waals surface area contributed by atoms with Crippen molar-refractivity contribution in [1.82, 2.24) is 15.5 Å². The summed E-state index contributed by atoms with van der Waals surface area (Å²) >= 11 is 0. The Balaban J connectivity index is 1.56. The van der Waals surface area contributed by atoms with E-state index in [0.717, 1.165) is 32.6 Å². The summed E-state index contributed by atoms with van der Waals surface area (Å²) in [5.74, 6) is 0.151. The lowest BCUT2D eigenvalue weighted by Gasteiger charge is -2.37. The molecule has 0 aromatic carbocycles. The van der Waals surface area contributed by atoms with Gasteiger partial charge in [-0.2, -0.15) is 0 Å². The van der Waals surface area contributed by atoms with Crippen molar-refractivity contribution in [1.29, 1.82) is 0 Å². The van der Waals surface area contributed by atoms with Gasteiger partial charge in [0.05, 0.1) is 11.7 Å². The van der Waals surface area contributed by atoms with E-state index in [2.05, 4.69) is 15.5 Å². The molecule has 0 bridgehead atoms. The van der Waals surface area contributed by atoms with Crippen LogP contribution < -0.4 is 10.6 Å². The molecule has 2 atom stereocenters. The fourth-order valence-electron chi connectivity index (χ4n) is 4.19. The molecule has 1 saturated carbocycles. The number of piperazine rings is 1. The highest BCUT2D eigenvalue weighted by Crippen LogP contribution is 2.43. The summed E-state index contributed by atoms with van der Waals surface area (Å²) in [4.78, 5) is 14.5. The first-order valence-corrected chi connectivity index (χ1v) is 8.63. The Morgan fingerprint density at radius 3 is 2.95 bits per heavy atom. The van der Waals surface area contributed by atoms with E-state index in [-0.39, 0.29) is 17.6 Å². The van der Waals surface area contributed by atoms with Gasteiger partial charge in [0, 0.05) is 32.7 Å². The smallest absolute Gasteiger partial charge is 0.238 e. The van der Waals surface area contributed by atoms with Gasteiger partial charge in [-0.15, -0.1) is 0 Å². The van der Waals surface area contributed by atoms with Crippen LogP contribution in [0.2, 0.25) is 0 Å². The maximum absolute atomic E-state index is 12.2. The molecule has 0 aromatic rings. The Bertz CT molecular complexity index is 369. The normalized spacial score (nSPS) is 32.6. The fraction of sp³-hybridized carbons (Fsp3) is 0.938. The van der Waals surface area contributed by atoms with Gasteiger partial charge in [-0.3, -0.25) is 9.69 Å². The summed E-state index contributed by atoms with van der Waals surface area (Å²) in [5.41, 5.74) is 0.194.